The molecule has 0 saturated carbocycles. The predicted molar refractivity (Wildman–Crippen MR) is 59.6 cm³/mol. The maximum Gasteiger partial charge on any atom is 0.342 e. The molecule has 4 nitrogen and oxygen atoms in total. The van der Waals surface area contributed by atoms with Crippen molar-refractivity contribution in [1.82, 2.24) is 0 Å². The number of carbonyl (C=O) groups is 1. The summed E-state index contributed by atoms with van der Waals surface area (Å²) in [5, 5.41) is 0. The average Bonchev–Trinajstić information content (AvgIpc) is 2.15. The molecule has 15 heavy (non-hydrogen) atoms. The molecule has 0 saturated heterocycles. The third-order valence-electron chi connectivity index (χ3n) is 1.99. The molecule has 0 rings (SSSR count). The zero-order valence-electron chi connectivity index (χ0n) is 9.25. The summed E-state index contributed by atoms with van der Waals surface area (Å²) < 4.78 is 26.1. The van der Waals surface area contributed by atoms with Crippen LogP contribution in [0.4, 0.5) is 0 Å². The third kappa shape index (κ3) is 3.65. The summed E-state index contributed by atoms with van der Waals surface area (Å²) in [6.45, 7) is 4.75. The van der Waals surface area contributed by atoms with Crippen molar-refractivity contribution < 1.29 is 17.9 Å². The van der Waals surface area contributed by atoms with Crippen LogP contribution < -0.4 is 0 Å². The van der Waals surface area contributed by atoms with Crippen LogP contribution in [0.2, 0.25) is 0 Å². The molecule has 0 N–H and O–H groups in total. The summed E-state index contributed by atoms with van der Waals surface area (Å²) in [6, 6.07) is 0. The summed E-state index contributed by atoms with van der Waals surface area (Å²) in [4.78, 5) is 11.3. The van der Waals surface area contributed by atoms with Gasteiger partial charge in [0.05, 0.1) is 12.4 Å². The molecule has 90 valence electrons. The Bertz CT molecular complexity index is 308. The highest BCUT2D eigenvalue weighted by molar-refractivity contribution is 7.94. The van der Waals surface area contributed by atoms with Crippen molar-refractivity contribution >= 4 is 27.4 Å². The minimum absolute atomic E-state index is 0.0949. The lowest BCUT2D eigenvalue weighted by Crippen LogP contribution is -2.41. The zero-order chi connectivity index (χ0) is 12.1. The molecule has 0 spiro atoms. The van der Waals surface area contributed by atoms with Crippen LogP contribution in [0.3, 0.4) is 0 Å². The number of carbonyl (C=O) groups excluding carboxylic acids is 1. The van der Waals surface area contributed by atoms with Gasteiger partial charge < -0.3 is 4.74 Å². The van der Waals surface area contributed by atoms with Gasteiger partial charge in [-0.25, -0.2) is 13.2 Å². The topological polar surface area (TPSA) is 60.4 Å². The highest BCUT2D eigenvalue weighted by Gasteiger charge is 2.45. The molecule has 0 aliphatic carbocycles. The second-order valence-electron chi connectivity index (χ2n) is 3.31. The van der Waals surface area contributed by atoms with Crippen LogP contribution in [0.5, 0.6) is 0 Å². The molecule has 0 aliphatic heterocycles. The molecule has 1 atom stereocenters. The highest BCUT2D eigenvalue weighted by Crippen LogP contribution is 2.25. The smallest absolute Gasteiger partial charge is 0.342 e. The van der Waals surface area contributed by atoms with E-state index in [1.54, 1.807) is 6.92 Å². The van der Waals surface area contributed by atoms with E-state index in [2.05, 4.69) is 4.74 Å². The van der Waals surface area contributed by atoms with Gasteiger partial charge in [0.15, 0.2) is 9.84 Å². The van der Waals surface area contributed by atoms with E-state index >= 15 is 0 Å². The van der Waals surface area contributed by atoms with Gasteiger partial charge in [-0.15, -0.1) is 0 Å². The summed E-state index contributed by atoms with van der Waals surface area (Å²) >= 11 is 5.73. The standard InChI is InChI=1S/C9H17ClO4S/c1-4-6-7-15(12,13)9(3,10)8(11)14-5-2/h4-7H2,1-3H3. The summed E-state index contributed by atoms with van der Waals surface area (Å²) in [6.07, 6.45) is 1.22. The Morgan fingerprint density at radius 3 is 2.33 bits per heavy atom. The van der Waals surface area contributed by atoms with Crippen molar-refractivity contribution in [3.63, 3.8) is 0 Å². The van der Waals surface area contributed by atoms with Crippen LogP contribution in [0, 0.1) is 0 Å². The fraction of sp³-hybridized carbons (Fsp3) is 0.889. The van der Waals surface area contributed by atoms with Gasteiger partial charge in [-0.3, -0.25) is 0 Å². The lowest BCUT2D eigenvalue weighted by molar-refractivity contribution is -0.143. The van der Waals surface area contributed by atoms with E-state index < -0.39 is 20.0 Å². The largest absolute Gasteiger partial charge is 0.464 e. The van der Waals surface area contributed by atoms with Crippen LogP contribution in [0.15, 0.2) is 0 Å². The molecule has 0 bridgehead atoms. The highest BCUT2D eigenvalue weighted by atomic mass is 35.5. The Morgan fingerprint density at radius 1 is 1.40 bits per heavy atom. The maximum absolute atomic E-state index is 11.7. The molecule has 1 unspecified atom stereocenters. The van der Waals surface area contributed by atoms with Gasteiger partial charge in [0.2, 0.25) is 4.21 Å². The molecule has 0 radical (unpaired) electrons. The molecule has 6 heteroatoms. The van der Waals surface area contributed by atoms with Crippen LogP contribution >= 0.6 is 11.6 Å². The molecule has 0 fully saturated rings. The number of unbranched alkanes of at least 4 members (excludes halogenated alkanes) is 1. The van der Waals surface area contributed by atoms with Crippen LogP contribution in [0.25, 0.3) is 0 Å². The van der Waals surface area contributed by atoms with Gasteiger partial charge in [0.1, 0.15) is 0 Å². The normalized spacial score (nSPS) is 15.7. The van der Waals surface area contributed by atoms with Crippen molar-refractivity contribution in [2.45, 2.75) is 37.8 Å². The van der Waals surface area contributed by atoms with Crippen LogP contribution in [-0.4, -0.2) is 31.0 Å². The number of halogens is 1. The number of ether oxygens (including phenoxy) is 1. The van der Waals surface area contributed by atoms with Crippen molar-refractivity contribution in [2.75, 3.05) is 12.4 Å². The monoisotopic (exact) mass is 256 g/mol. The first-order valence-corrected chi connectivity index (χ1v) is 6.91. The number of sulfone groups is 1. The number of rotatable bonds is 6. The van der Waals surface area contributed by atoms with Crippen molar-refractivity contribution in [2.24, 2.45) is 0 Å². The predicted octanol–water partition coefficient (Wildman–Crippen LogP) is 1.72. The Hall–Kier alpha value is -0.290. The van der Waals surface area contributed by atoms with Gasteiger partial charge in [0.25, 0.3) is 0 Å². The average molecular weight is 257 g/mol. The molecule has 0 aromatic carbocycles. The van der Waals surface area contributed by atoms with Crippen molar-refractivity contribution in [3.8, 4) is 0 Å². The SMILES string of the molecule is CCCCS(=O)(=O)C(C)(Cl)C(=O)OCC. The molecular formula is C9H17ClO4S. The second-order valence-corrected chi connectivity index (χ2v) is 6.74. The molecule has 0 amide bonds. The maximum atomic E-state index is 11.7. The summed E-state index contributed by atoms with van der Waals surface area (Å²) in [7, 11) is -3.65. The summed E-state index contributed by atoms with van der Waals surface area (Å²) in [5.74, 6) is -0.995. The molecule has 0 aromatic rings. The van der Waals surface area contributed by atoms with Gasteiger partial charge in [0, 0.05) is 0 Å². The first-order chi connectivity index (χ1) is 6.79. The number of hydrogen-bond donors (Lipinski definition) is 0. The third-order valence-corrected chi connectivity index (χ3v) is 5.01. The van der Waals surface area contributed by atoms with Gasteiger partial charge in [-0.05, 0) is 20.3 Å². The number of alkyl halides is 1. The summed E-state index contributed by atoms with van der Waals surface area (Å²) in [5.41, 5.74) is 0. The first-order valence-electron chi connectivity index (χ1n) is 4.88. The van der Waals surface area contributed by atoms with Crippen LogP contribution in [-0.2, 0) is 19.4 Å². The Balaban J connectivity index is 4.77. The van der Waals surface area contributed by atoms with E-state index in [1.165, 1.54) is 0 Å². The number of esters is 1. The van der Waals surface area contributed by atoms with E-state index in [-0.39, 0.29) is 12.4 Å². The zero-order valence-corrected chi connectivity index (χ0v) is 10.8. The minimum Gasteiger partial charge on any atom is -0.464 e. The first kappa shape index (κ1) is 14.7. The molecule has 0 aromatic heterocycles. The Kier molecular flexibility index (Phi) is 5.59. The van der Waals surface area contributed by atoms with E-state index in [0.717, 1.165) is 13.3 Å². The fourth-order valence-corrected chi connectivity index (χ4v) is 2.56. The lowest BCUT2D eigenvalue weighted by Gasteiger charge is -2.19. The van der Waals surface area contributed by atoms with Crippen molar-refractivity contribution in [1.29, 1.82) is 0 Å². The van der Waals surface area contributed by atoms with Crippen LogP contribution in [0.1, 0.15) is 33.6 Å². The van der Waals surface area contributed by atoms with E-state index in [9.17, 15) is 13.2 Å². The molecular weight excluding hydrogens is 240 g/mol. The lowest BCUT2D eigenvalue weighted by atomic mass is 10.4. The Labute approximate surface area is 95.9 Å². The minimum atomic E-state index is -3.65. The quantitative estimate of drug-likeness (QED) is 0.536. The van der Waals surface area contributed by atoms with E-state index in [0.29, 0.717) is 6.42 Å². The van der Waals surface area contributed by atoms with Gasteiger partial charge in [-0.2, -0.15) is 0 Å². The van der Waals surface area contributed by atoms with Gasteiger partial charge >= 0.3 is 5.97 Å². The molecule has 0 aliphatic rings. The Morgan fingerprint density at radius 2 is 1.93 bits per heavy atom. The fourth-order valence-electron chi connectivity index (χ4n) is 0.913. The van der Waals surface area contributed by atoms with E-state index in [4.69, 9.17) is 11.6 Å². The van der Waals surface area contributed by atoms with Gasteiger partial charge in [-0.1, -0.05) is 24.9 Å². The molecule has 0 heterocycles. The second kappa shape index (κ2) is 5.70. The number of hydrogen-bond acceptors (Lipinski definition) is 4. The van der Waals surface area contributed by atoms with E-state index in [1.807, 2.05) is 6.92 Å². The van der Waals surface area contributed by atoms with Crippen molar-refractivity contribution in [3.05, 3.63) is 0 Å².